The lowest BCUT2D eigenvalue weighted by Crippen LogP contribution is -2.30. The molecule has 2 aromatic rings. The van der Waals surface area contributed by atoms with Crippen LogP contribution >= 0.6 is 0 Å². The summed E-state index contributed by atoms with van der Waals surface area (Å²) in [6, 6.07) is 11.8. The minimum absolute atomic E-state index is 0.193. The number of nitrogens with two attached hydrogens (primary N) is 1. The molecule has 1 aromatic carbocycles. The van der Waals surface area contributed by atoms with E-state index in [1.54, 1.807) is 6.07 Å². The molecule has 3 N–H and O–H groups in total. The van der Waals surface area contributed by atoms with Crippen molar-refractivity contribution in [2.24, 2.45) is 5.84 Å². The van der Waals surface area contributed by atoms with Crippen LogP contribution in [0.25, 0.3) is 0 Å². The minimum Gasteiger partial charge on any atom is -0.359 e. The molecular weight excluding hydrogens is 256 g/mol. The van der Waals surface area contributed by atoms with Crippen LogP contribution in [0.3, 0.4) is 0 Å². The van der Waals surface area contributed by atoms with Gasteiger partial charge < -0.3 is 4.52 Å². The van der Waals surface area contributed by atoms with Crippen molar-refractivity contribution in [3.8, 4) is 0 Å². The first-order valence-electron chi connectivity index (χ1n) is 6.45. The highest BCUT2D eigenvalue weighted by Gasteiger charge is 2.13. The third-order valence-electron chi connectivity index (χ3n) is 3.00. The number of aromatic nitrogens is 1. The molecule has 1 amide bonds. The molecule has 1 heterocycles. The molecule has 106 valence electrons. The molecule has 0 atom stereocenters. The molecule has 0 saturated carbocycles. The van der Waals surface area contributed by atoms with Gasteiger partial charge in [-0.05, 0) is 12.1 Å². The largest absolute Gasteiger partial charge is 0.359 e. The summed E-state index contributed by atoms with van der Waals surface area (Å²) in [4.78, 5) is 13.5. The maximum Gasteiger partial charge on any atom is 0.287 e. The van der Waals surface area contributed by atoms with E-state index in [-0.39, 0.29) is 5.69 Å². The number of rotatable bonds is 6. The fraction of sp³-hybridized carbons (Fsp3) is 0.286. The summed E-state index contributed by atoms with van der Waals surface area (Å²) in [7, 11) is 0. The first-order chi connectivity index (χ1) is 9.72. The average molecular weight is 274 g/mol. The van der Waals surface area contributed by atoms with Crippen LogP contribution < -0.4 is 11.3 Å². The van der Waals surface area contributed by atoms with Crippen molar-refractivity contribution in [3.63, 3.8) is 0 Å². The van der Waals surface area contributed by atoms with Gasteiger partial charge in [-0.3, -0.25) is 15.1 Å². The highest BCUT2D eigenvalue weighted by atomic mass is 16.5. The van der Waals surface area contributed by atoms with Crippen molar-refractivity contribution in [1.29, 1.82) is 0 Å². The zero-order valence-electron chi connectivity index (χ0n) is 11.4. The second-order valence-corrected chi connectivity index (χ2v) is 4.44. The van der Waals surface area contributed by atoms with Gasteiger partial charge in [0.15, 0.2) is 11.5 Å². The first-order valence-corrected chi connectivity index (χ1v) is 6.45. The molecule has 0 unspecified atom stereocenters. The van der Waals surface area contributed by atoms with Gasteiger partial charge in [0.05, 0.1) is 6.54 Å². The molecular formula is C14H18N4O2. The highest BCUT2D eigenvalue weighted by molar-refractivity contribution is 5.91. The van der Waals surface area contributed by atoms with Gasteiger partial charge in [0.1, 0.15) is 0 Å². The predicted molar refractivity (Wildman–Crippen MR) is 74.4 cm³/mol. The number of nitrogens with zero attached hydrogens (tertiary/aromatic N) is 2. The lowest BCUT2D eigenvalue weighted by atomic mass is 10.2. The monoisotopic (exact) mass is 274 g/mol. The number of hydrazine groups is 1. The Hall–Kier alpha value is -2.18. The van der Waals surface area contributed by atoms with E-state index in [0.29, 0.717) is 12.3 Å². The Balaban J connectivity index is 1.99. The lowest BCUT2D eigenvalue weighted by molar-refractivity contribution is 0.0944. The Morgan fingerprint density at radius 3 is 2.75 bits per heavy atom. The van der Waals surface area contributed by atoms with E-state index < -0.39 is 5.91 Å². The van der Waals surface area contributed by atoms with Crippen LogP contribution in [-0.4, -0.2) is 22.5 Å². The summed E-state index contributed by atoms with van der Waals surface area (Å²) < 4.78 is 5.15. The Labute approximate surface area is 117 Å². The molecule has 0 spiro atoms. The van der Waals surface area contributed by atoms with Crippen LogP contribution in [0, 0.1) is 0 Å². The summed E-state index contributed by atoms with van der Waals surface area (Å²) >= 11 is 0. The van der Waals surface area contributed by atoms with Gasteiger partial charge in [0.2, 0.25) is 0 Å². The van der Waals surface area contributed by atoms with Crippen molar-refractivity contribution in [3.05, 3.63) is 53.4 Å². The number of nitrogens with one attached hydrogen (secondary N) is 1. The zero-order chi connectivity index (χ0) is 14.4. The second-order valence-electron chi connectivity index (χ2n) is 4.44. The maximum absolute atomic E-state index is 11.3. The van der Waals surface area contributed by atoms with Crippen LogP contribution in [0.15, 0.2) is 40.9 Å². The summed E-state index contributed by atoms with van der Waals surface area (Å²) in [6.07, 6.45) is 0. The number of benzene rings is 1. The smallest absolute Gasteiger partial charge is 0.287 e. The van der Waals surface area contributed by atoms with Gasteiger partial charge >= 0.3 is 0 Å². The summed E-state index contributed by atoms with van der Waals surface area (Å²) in [6.45, 7) is 4.35. The first kappa shape index (κ1) is 14.2. The van der Waals surface area contributed by atoms with Gasteiger partial charge in [-0.25, -0.2) is 5.84 Å². The molecule has 0 aliphatic carbocycles. The molecule has 0 fully saturated rings. The maximum atomic E-state index is 11.3. The van der Waals surface area contributed by atoms with Crippen LogP contribution in [0.4, 0.5) is 0 Å². The van der Waals surface area contributed by atoms with Crippen LogP contribution in [0.2, 0.25) is 0 Å². The minimum atomic E-state index is -0.453. The van der Waals surface area contributed by atoms with Gasteiger partial charge in [-0.1, -0.05) is 42.4 Å². The van der Waals surface area contributed by atoms with Crippen molar-refractivity contribution in [2.45, 2.75) is 20.0 Å². The van der Waals surface area contributed by atoms with Crippen LogP contribution in [0.5, 0.6) is 0 Å². The number of carbonyl (C=O) groups excluding carboxylic acids is 1. The van der Waals surface area contributed by atoms with Crippen molar-refractivity contribution >= 4 is 5.91 Å². The molecule has 2 rings (SSSR count). The lowest BCUT2D eigenvalue weighted by Gasteiger charge is -2.18. The molecule has 0 aliphatic rings. The summed E-state index contributed by atoms with van der Waals surface area (Å²) in [5.41, 5.74) is 3.45. The predicted octanol–water partition coefficient (Wildman–Crippen LogP) is 1.30. The number of hydrogen-bond donors (Lipinski definition) is 2. The summed E-state index contributed by atoms with van der Waals surface area (Å²) in [5, 5.41) is 3.69. The zero-order valence-corrected chi connectivity index (χ0v) is 11.4. The van der Waals surface area contributed by atoms with Crippen molar-refractivity contribution in [2.75, 3.05) is 6.54 Å². The molecule has 6 nitrogen and oxygen atoms in total. The van der Waals surface area contributed by atoms with Gasteiger partial charge in [-0.15, -0.1) is 0 Å². The number of hydrogen-bond acceptors (Lipinski definition) is 5. The third-order valence-corrected chi connectivity index (χ3v) is 3.00. The molecule has 0 radical (unpaired) electrons. The van der Waals surface area contributed by atoms with Crippen LogP contribution in [0.1, 0.15) is 28.7 Å². The fourth-order valence-electron chi connectivity index (χ4n) is 1.91. The number of amides is 1. The van der Waals surface area contributed by atoms with E-state index in [1.807, 2.05) is 23.6 Å². The van der Waals surface area contributed by atoms with E-state index in [1.165, 1.54) is 5.56 Å². The Morgan fingerprint density at radius 2 is 2.10 bits per heavy atom. The fourth-order valence-corrected chi connectivity index (χ4v) is 1.91. The standard InChI is InChI=1S/C14H18N4O2/c1-2-18(9-11-6-4-3-5-7-11)10-12-8-13(17-20-12)14(19)16-15/h3-8H,2,9-10,15H2,1H3,(H,16,19). The van der Waals surface area contributed by atoms with E-state index >= 15 is 0 Å². The normalized spacial score (nSPS) is 10.8. The van der Waals surface area contributed by atoms with Crippen molar-refractivity contribution in [1.82, 2.24) is 15.5 Å². The number of nitrogen functional groups attached to an aromatic ring is 1. The topological polar surface area (TPSA) is 84.4 Å². The van der Waals surface area contributed by atoms with Gasteiger partial charge in [0, 0.05) is 12.6 Å². The molecule has 20 heavy (non-hydrogen) atoms. The molecule has 0 bridgehead atoms. The average Bonchev–Trinajstić information content (AvgIpc) is 2.95. The summed E-state index contributed by atoms with van der Waals surface area (Å²) in [5.74, 6) is 5.24. The quantitative estimate of drug-likeness (QED) is 0.471. The van der Waals surface area contributed by atoms with E-state index in [0.717, 1.165) is 13.1 Å². The van der Waals surface area contributed by atoms with Crippen molar-refractivity contribution < 1.29 is 9.32 Å². The Bertz CT molecular complexity index is 553. The molecule has 0 aliphatic heterocycles. The van der Waals surface area contributed by atoms with E-state index in [9.17, 15) is 4.79 Å². The SMILES string of the molecule is CCN(Cc1ccccc1)Cc1cc(C(=O)NN)no1. The highest BCUT2D eigenvalue weighted by Crippen LogP contribution is 2.11. The Kier molecular flexibility index (Phi) is 4.86. The van der Waals surface area contributed by atoms with E-state index in [4.69, 9.17) is 10.4 Å². The molecule has 1 aromatic heterocycles. The molecule has 6 heteroatoms. The van der Waals surface area contributed by atoms with E-state index in [2.05, 4.69) is 29.1 Å². The van der Waals surface area contributed by atoms with Gasteiger partial charge in [0.25, 0.3) is 5.91 Å². The number of carbonyl (C=O) groups is 1. The Morgan fingerprint density at radius 1 is 1.35 bits per heavy atom. The van der Waals surface area contributed by atoms with Crippen LogP contribution in [-0.2, 0) is 13.1 Å². The van der Waals surface area contributed by atoms with Gasteiger partial charge in [-0.2, -0.15) is 0 Å². The second kappa shape index (κ2) is 6.83. The third kappa shape index (κ3) is 3.66. The molecule has 0 saturated heterocycles.